The van der Waals surface area contributed by atoms with Crippen molar-refractivity contribution < 1.29 is 9.84 Å². The molecule has 0 radical (unpaired) electrons. The fraction of sp³-hybridized carbons (Fsp3) is 0.500. The van der Waals surface area contributed by atoms with Gasteiger partial charge in [0.2, 0.25) is 0 Å². The van der Waals surface area contributed by atoms with Crippen molar-refractivity contribution in [2.75, 3.05) is 7.11 Å². The molecule has 0 aromatic heterocycles. The van der Waals surface area contributed by atoms with E-state index < -0.39 is 0 Å². The van der Waals surface area contributed by atoms with Gasteiger partial charge >= 0.3 is 0 Å². The maximum atomic E-state index is 9.90. The van der Waals surface area contributed by atoms with Gasteiger partial charge in [-0.25, -0.2) is 0 Å². The van der Waals surface area contributed by atoms with Crippen LogP contribution in [0.5, 0.6) is 11.5 Å². The Labute approximate surface area is 90.9 Å². The fourth-order valence-electron chi connectivity index (χ4n) is 1.60. The number of benzene rings is 1. The van der Waals surface area contributed by atoms with Crippen LogP contribution in [-0.4, -0.2) is 17.8 Å². The van der Waals surface area contributed by atoms with Gasteiger partial charge in [0.25, 0.3) is 0 Å². The molecule has 1 rings (SSSR count). The maximum absolute atomic E-state index is 9.90. The summed E-state index contributed by atoms with van der Waals surface area (Å²) >= 11 is 0. The van der Waals surface area contributed by atoms with E-state index >= 15 is 0 Å². The molecule has 0 aliphatic carbocycles. The highest BCUT2D eigenvalue weighted by molar-refractivity contribution is 5.48. The minimum atomic E-state index is -0.337. The quantitative estimate of drug-likeness (QED) is 0.800. The number of phenolic OH excluding ortho intramolecular Hbond substituents is 1. The third-order valence-electron chi connectivity index (χ3n) is 2.16. The van der Waals surface area contributed by atoms with Gasteiger partial charge < -0.3 is 15.6 Å². The molecule has 0 saturated carbocycles. The lowest BCUT2D eigenvalue weighted by Crippen LogP contribution is -2.34. The molecule has 3 N–H and O–H groups in total. The summed E-state index contributed by atoms with van der Waals surface area (Å²) in [6, 6.07) is 3.74. The van der Waals surface area contributed by atoms with Crippen molar-refractivity contribution in [3.8, 4) is 11.5 Å². The topological polar surface area (TPSA) is 55.5 Å². The Morgan fingerprint density at radius 2 is 2.00 bits per heavy atom. The summed E-state index contributed by atoms with van der Waals surface area (Å²) in [7, 11) is 1.55. The largest absolute Gasteiger partial charge is 0.504 e. The zero-order valence-electron chi connectivity index (χ0n) is 9.79. The number of hydrogen-bond acceptors (Lipinski definition) is 3. The first kappa shape index (κ1) is 11.9. The molecule has 84 valence electrons. The van der Waals surface area contributed by atoms with Gasteiger partial charge in [-0.2, -0.15) is 0 Å². The first-order valence-electron chi connectivity index (χ1n) is 4.99. The smallest absolute Gasteiger partial charge is 0.161 e. The molecule has 1 aromatic rings. The van der Waals surface area contributed by atoms with Crippen molar-refractivity contribution >= 4 is 0 Å². The maximum Gasteiger partial charge on any atom is 0.161 e. The molecule has 0 fully saturated rings. The van der Waals surface area contributed by atoms with Crippen molar-refractivity contribution in [1.82, 2.24) is 0 Å². The van der Waals surface area contributed by atoms with Crippen LogP contribution in [0.2, 0.25) is 0 Å². The Morgan fingerprint density at radius 1 is 1.40 bits per heavy atom. The van der Waals surface area contributed by atoms with E-state index in [1.165, 1.54) is 0 Å². The van der Waals surface area contributed by atoms with Gasteiger partial charge in [0.05, 0.1) is 7.11 Å². The average molecular weight is 209 g/mol. The molecular weight excluding hydrogens is 190 g/mol. The van der Waals surface area contributed by atoms with Crippen LogP contribution in [0.1, 0.15) is 25.0 Å². The zero-order chi connectivity index (χ0) is 11.6. The van der Waals surface area contributed by atoms with E-state index in [0.717, 1.165) is 11.1 Å². The molecular formula is C12H19NO2. The first-order valence-corrected chi connectivity index (χ1v) is 4.99. The molecule has 0 spiro atoms. The van der Waals surface area contributed by atoms with Crippen molar-refractivity contribution in [2.24, 2.45) is 5.73 Å². The summed E-state index contributed by atoms with van der Waals surface area (Å²) in [5, 5.41) is 9.90. The lowest BCUT2D eigenvalue weighted by Gasteiger charge is -2.20. The molecule has 0 saturated heterocycles. The van der Waals surface area contributed by atoms with Crippen molar-refractivity contribution in [1.29, 1.82) is 0 Å². The summed E-state index contributed by atoms with van der Waals surface area (Å²) < 4.78 is 5.09. The van der Waals surface area contributed by atoms with Crippen LogP contribution in [0.3, 0.4) is 0 Å². The Balaban J connectivity index is 3.12. The van der Waals surface area contributed by atoms with E-state index in [2.05, 4.69) is 0 Å². The predicted octanol–water partition coefficient (Wildman–Crippen LogP) is 1.99. The van der Waals surface area contributed by atoms with Crippen LogP contribution in [0, 0.1) is 6.92 Å². The third kappa shape index (κ3) is 3.13. The molecule has 0 bridgehead atoms. The fourth-order valence-corrected chi connectivity index (χ4v) is 1.60. The molecule has 3 nitrogen and oxygen atoms in total. The van der Waals surface area contributed by atoms with E-state index in [1.807, 2.05) is 32.9 Å². The molecule has 0 unspecified atom stereocenters. The number of ether oxygens (including phenoxy) is 1. The van der Waals surface area contributed by atoms with Crippen molar-refractivity contribution in [3.63, 3.8) is 0 Å². The normalized spacial score (nSPS) is 11.5. The van der Waals surface area contributed by atoms with Gasteiger partial charge in [0.1, 0.15) is 0 Å². The SMILES string of the molecule is COc1cc(C)cc(CC(C)(C)N)c1O. The van der Waals surface area contributed by atoms with Crippen LogP contribution in [-0.2, 0) is 6.42 Å². The Bertz CT molecular complexity index is 353. The van der Waals surface area contributed by atoms with Gasteiger partial charge in [0, 0.05) is 5.54 Å². The van der Waals surface area contributed by atoms with Crippen LogP contribution in [0.4, 0.5) is 0 Å². The van der Waals surface area contributed by atoms with Crippen LogP contribution < -0.4 is 10.5 Å². The van der Waals surface area contributed by atoms with Crippen LogP contribution in [0.15, 0.2) is 12.1 Å². The Kier molecular flexibility index (Phi) is 3.25. The highest BCUT2D eigenvalue weighted by Crippen LogP contribution is 2.32. The summed E-state index contributed by atoms with van der Waals surface area (Å²) in [6.45, 7) is 5.83. The first-order chi connectivity index (χ1) is 6.83. The minimum absolute atomic E-state index is 0.196. The third-order valence-corrected chi connectivity index (χ3v) is 2.16. The zero-order valence-corrected chi connectivity index (χ0v) is 9.79. The van der Waals surface area contributed by atoms with Crippen LogP contribution >= 0.6 is 0 Å². The summed E-state index contributed by atoms with van der Waals surface area (Å²) in [5.74, 6) is 0.705. The molecule has 3 heteroatoms. The molecule has 1 aromatic carbocycles. The number of aryl methyl sites for hydroxylation is 1. The van der Waals surface area contributed by atoms with E-state index in [4.69, 9.17) is 10.5 Å². The lowest BCUT2D eigenvalue weighted by atomic mass is 9.94. The minimum Gasteiger partial charge on any atom is -0.504 e. The number of methoxy groups -OCH3 is 1. The summed E-state index contributed by atoms with van der Waals surface area (Å²) in [4.78, 5) is 0. The highest BCUT2D eigenvalue weighted by Gasteiger charge is 2.17. The van der Waals surface area contributed by atoms with Crippen molar-refractivity contribution in [3.05, 3.63) is 23.3 Å². The van der Waals surface area contributed by atoms with E-state index in [0.29, 0.717) is 12.2 Å². The highest BCUT2D eigenvalue weighted by atomic mass is 16.5. The molecule has 0 heterocycles. The number of nitrogens with two attached hydrogens (primary N) is 1. The van der Waals surface area contributed by atoms with Gasteiger partial charge in [-0.15, -0.1) is 0 Å². The standard InChI is InChI=1S/C12H19NO2/c1-8-5-9(7-12(2,3)13)11(14)10(6-8)15-4/h5-6,14H,7,13H2,1-4H3. The van der Waals surface area contributed by atoms with Crippen molar-refractivity contribution in [2.45, 2.75) is 32.7 Å². The average Bonchev–Trinajstić information content (AvgIpc) is 2.08. The summed E-state index contributed by atoms with van der Waals surface area (Å²) in [5.41, 5.74) is 7.48. The predicted molar refractivity (Wildman–Crippen MR) is 61.4 cm³/mol. The van der Waals surface area contributed by atoms with Gasteiger partial charge in [0.15, 0.2) is 11.5 Å². The van der Waals surface area contributed by atoms with E-state index in [-0.39, 0.29) is 11.3 Å². The lowest BCUT2D eigenvalue weighted by molar-refractivity contribution is 0.367. The Morgan fingerprint density at radius 3 is 2.47 bits per heavy atom. The van der Waals surface area contributed by atoms with E-state index in [1.54, 1.807) is 7.11 Å². The van der Waals surface area contributed by atoms with E-state index in [9.17, 15) is 5.11 Å². The summed E-state index contributed by atoms with van der Waals surface area (Å²) in [6.07, 6.45) is 0.622. The second kappa shape index (κ2) is 4.11. The molecule has 0 aliphatic rings. The second-order valence-electron chi connectivity index (χ2n) is 4.64. The number of hydrogen-bond donors (Lipinski definition) is 2. The number of phenols is 1. The Hall–Kier alpha value is -1.22. The second-order valence-corrected chi connectivity index (χ2v) is 4.64. The van der Waals surface area contributed by atoms with Gasteiger partial charge in [-0.3, -0.25) is 0 Å². The van der Waals surface area contributed by atoms with Gasteiger partial charge in [-0.05, 0) is 44.4 Å². The monoisotopic (exact) mass is 209 g/mol. The number of rotatable bonds is 3. The molecule has 0 atom stereocenters. The molecule has 0 amide bonds. The van der Waals surface area contributed by atoms with Gasteiger partial charge in [-0.1, -0.05) is 6.07 Å². The molecule has 0 aliphatic heterocycles. The molecule has 15 heavy (non-hydrogen) atoms. The van der Waals surface area contributed by atoms with Crippen LogP contribution in [0.25, 0.3) is 0 Å². The number of aromatic hydroxyl groups is 1.